The van der Waals surface area contributed by atoms with Crippen LogP contribution in [0.2, 0.25) is 0 Å². The summed E-state index contributed by atoms with van der Waals surface area (Å²) in [5.41, 5.74) is 1.27. The van der Waals surface area contributed by atoms with Gasteiger partial charge in [-0.2, -0.15) is 0 Å². The lowest BCUT2D eigenvalue weighted by Gasteiger charge is -2.09. The van der Waals surface area contributed by atoms with Gasteiger partial charge >= 0.3 is 0 Å². The van der Waals surface area contributed by atoms with Crippen molar-refractivity contribution in [2.45, 2.75) is 70.1 Å². The standard InChI is InChI=1S/C17H27Cl/c1-2-3-4-5-6-7-8-12-15-17(18)16-13-10-9-11-14-16/h9-11,13-14,17H,2-8,12,15H2,1H3. The average Bonchev–Trinajstić information content (AvgIpc) is 2.42. The van der Waals surface area contributed by atoms with Gasteiger partial charge in [0.25, 0.3) is 0 Å². The van der Waals surface area contributed by atoms with Crippen molar-refractivity contribution in [1.82, 2.24) is 0 Å². The maximum Gasteiger partial charge on any atom is 0.0585 e. The topological polar surface area (TPSA) is 0 Å². The number of halogens is 1. The van der Waals surface area contributed by atoms with Crippen LogP contribution in [0.1, 0.15) is 75.7 Å². The normalized spacial score (nSPS) is 12.6. The predicted molar refractivity (Wildman–Crippen MR) is 82.3 cm³/mol. The zero-order valence-corrected chi connectivity index (χ0v) is 12.5. The second-order valence-electron chi connectivity index (χ2n) is 5.14. The SMILES string of the molecule is CCCCCCCCCCC(Cl)c1ccccc1. The number of hydrogen-bond acceptors (Lipinski definition) is 0. The number of unbranched alkanes of at least 4 members (excludes halogenated alkanes) is 7. The molecule has 0 radical (unpaired) electrons. The van der Waals surface area contributed by atoms with Gasteiger partial charge in [0.1, 0.15) is 0 Å². The Morgan fingerprint density at radius 3 is 2.00 bits per heavy atom. The van der Waals surface area contributed by atoms with Crippen molar-refractivity contribution in [3.05, 3.63) is 35.9 Å². The van der Waals surface area contributed by atoms with E-state index in [9.17, 15) is 0 Å². The summed E-state index contributed by atoms with van der Waals surface area (Å²) in [5, 5.41) is 0.200. The Kier molecular flexibility index (Phi) is 9.02. The molecule has 1 aromatic carbocycles. The largest absolute Gasteiger partial charge is 0.118 e. The summed E-state index contributed by atoms with van der Waals surface area (Å²) < 4.78 is 0. The molecule has 0 fully saturated rings. The van der Waals surface area contributed by atoms with Gasteiger partial charge in [-0.25, -0.2) is 0 Å². The molecule has 0 heterocycles. The molecule has 0 saturated heterocycles. The van der Waals surface area contributed by atoms with Crippen LogP contribution in [-0.2, 0) is 0 Å². The zero-order chi connectivity index (χ0) is 13.1. The Labute approximate surface area is 118 Å². The van der Waals surface area contributed by atoms with E-state index in [-0.39, 0.29) is 5.38 Å². The molecule has 0 spiro atoms. The summed E-state index contributed by atoms with van der Waals surface area (Å²) >= 11 is 6.39. The van der Waals surface area contributed by atoms with Crippen LogP contribution in [0.3, 0.4) is 0 Å². The van der Waals surface area contributed by atoms with Crippen LogP contribution >= 0.6 is 11.6 Å². The van der Waals surface area contributed by atoms with Gasteiger partial charge in [0.05, 0.1) is 5.38 Å². The monoisotopic (exact) mass is 266 g/mol. The molecule has 0 aromatic heterocycles. The van der Waals surface area contributed by atoms with Crippen LogP contribution < -0.4 is 0 Å². The second-order valence-corrected chi connectivity index (χ2v) is 5.67. The van der Waals surface area contributed by atoms with Crippen molar-refractivity contribution in [2.75, 3.05) is 0 Å². The molecule has 1 rings (SSSR count). The van der Waals surface area contributed by atoms with Crippen molar-refractivity contribution in [2.24, 2.45) is 0 Å². The molecule has 1 atom stereocenters. The first-order valence-corrected chi connectivity index (χ1v) is 7.97. The molecule has 1 aromatic rings. The lowest BCUT2D eigenvalue weighted by molar-refractivity contribution is 0.562. The highest BCUT2D eigenvalue weighted by atomic mass is 35.5. The fourth-order valence-electron chi connectivity index (χ4n) is 2.29. The van der Waals surface area contributed by atoms with Crippen LogP contribution in [0.4, 0.5) is 0 Å². The fraction of sp³-hybridized carbons (Fsp3) is 0.647. The van der Waals surface area contributed by atoms with Crippen molar-refractivity contribution >= 4 is 11.6 Å². The maximum absolute atomic E-state index is 6.39. The summed E-state index contributed by atoms with van der Waals surface area (Å²) in [4.78, 5) is 0. The Bertz CT molecular complexity index is 281. The first-order valence-electron chi connectivity index (χ1n) is 7.53. The number of alkyl halides is 1. The number of benzene rings is 1. The Morgan fingerprint density at radius 1 is 0.833 bits per heavy atom. The minimum absolute atomic E-state index is 0.200. The molecular formula is C17H27Cl. The van der Waals surface area contributed by atoms with Gasteiger partial charge < -0.3 is 0 Å². The first kappa shape index (κ1) is 15.6. The van der Waals surface area contributed by atoms with Crippen LogP contribution in [-0.4, -0.2) is 0 Å². The third-order valence-electron chi connectivity index (χ3n) is 3.47. The summed E-state index contributed by atoms with van der Waals surface area (Å²) in [6.45, 7) is 2.27. The molecule has 0 saturated carbocycles. The Morgan fingerprint density at radius 2 is 1.39 bits per heavy atom. The number of rotatable bonds is 10. The second kappa shape index (κ2) is 10.4. The van der Waals surface area contributed by atoms with Crippen molar-refractivity contribution in [1.29, 1.82) is 0 Å². The highest BCUT2D eigenvalue weighted by Crippen LogP contribution is 2.26. The van der Waals surface area contributed by atoms with Gasteiger partial charge in [-0.05, 0) is 12.0 Å². The van der Waals surface area contributed by atoms with E-state index in [0.29, 0.717) is 0 Å². The minimum atomic E-state index is 0.200. The van der Waals surface area contributed by atoms with Crippen LogP contribution in [0.5, 0.6) is 0 Å². The molecule has 102 valence electrons. The molecule has 18 heavy (non-hydrogen) atoms. The quantitative estimate of drug-likeness (QED) is 0.335. The van der Waals surface area contributed by atoms with Gasteiger partial charge in [-0.1, -0.05) is 88.6 Å². The molecule has 0 amide bonds. The smallest absolute Gasteiger partial charge is 0.0585 e. The van der Waals surface area contributed by atoms with Crippen molar-refractivity contribution in [3.8, 4) is 0 Å². The predicted octanol–water partition coefficient (Wildman–Crippen LogP) is 6.50. The minimum Gasteiger partial charge on any atom is -0.118 e. The van der Waals surface area contributed by atoms with Crippen LogP contribution in [0.25, 0.3) is 0 Å². The lowest BCUT2D eigenvalue weighted by atomic mass is 10.0. The third-order valence-corrected chi connectivity index (χ3v) is 3.94. The molecule has 0 nitrogen and oxygen atoms in total. The van der Waals surface area contributed by atoms with Crippen LogP contribution in [0.15, 0.2) is 30.3 Å². The van der Waals surface area contributed by atoms with E-state index in [0.717, 1.165) is 6.42 Å². The molecule has 0 aliphatic rings. The fourth-order valence-corrected chi connectivity index (χ4v) is 2.59. The highest BCUT2D eigenvalue weighted by molar-refractivity contribution is 6.20. The Hall–Kier alpha value is -0.490. The van der Waals surface area contributed by atoms with E-state index >= 15 is 0 Å². The number of hydrogen-bond donors (Lipinski definition) is 0. The molecule has 0 aliphatic carbocycles. The highest BCUT2D eigenvalue weighted by Gasteiger charge is 2.06. The molecule has 0 aliphatic heterocycles. The average molecular weight is 267 g/mol. The van der Waals surface area contributed by atoms with E-state index in [1.807, 2.05) is 6.07 Å². The molecule has 0 N–H and O–H groups in total. The van der Waals surface area contributed by atoms with Crippen molar-refractivity contribution in [3.63, 3.8) is 0 Å². The van der Waals surface area contributed by atoms with E-state index in [4.69, 9.17) is 11.6 Å². The third kappa shape index (κ3) is 7.06. The van der Waals surface area contributed by atoms with Gasteiger partial charge in [0.15, 0.2) is 0 Å². The van der Waals surface area contributed by atoms with Gasteiger partial charge in [-0.15, -0.1) is 11.6 Å². The van der Waals surface area contributed by atoms with Gasteiger partial charge in [0.2, 0.25) is 0 Å². The first-order chi connectivity index (χ1) is 8.84. The molecule has 1 heteroatoms. The van der Waals surface area contributed by atoms with E-state index in [2.05, 4.69) is 31.2 Å². The summed E-state index contributed by atoms with van der Waals surface area (Å²) in [7, 11) is 0. The lowest BCUT2D eigenvalue weighted by Crippen LogP contribution is -1.90. The van der Waals surface area contributed by atoms with Crippen molar-refractivity contribution < 1.29 is 0 Å². The summed E-state index contributed by atoms with van der Waals surface area (Å²) in [6, 6.07) is 10.4. The molecular weight excluding hydrogens is 240 g/mol. The Balaban J connectivity index is 1.98. The maximum atomic E-state index is 6.39. The van der Waals surface area contributed by atoms with Gasteiger partial charge in [-0.3, -0.25) is 0 Å². The van der Waals surface area contributed by atoms with E-state index in [1.54, 1.807) is 0 Å². The summed E-state index contributed by atoms with van der Waals surface area (Å²) in [5.74, 6) is 0. The zero-order valence-electron chi connectivity index (χ0n) is 11.7. The molecule has 1 unspecified atom stereocenters. The van der Waals surface area contributed by atoms with E-state index in [1.165, 1.54) is 56.9 Å². The molecule has 0 bridgehead atoms. The van der Waals surface area contributed by atoms with E-state index < -0.39 is 0 Å². The summed E-state index contributed by atoms with van der Waals surface area (Å²) in [6.07, 6.45) is 12.1. The van der Waals surface area contributed by atoms with Crippen LogP contribution in [0, 0.1) is 0 Å². The van der Waals surface area contributed by atoms with Gasteiger partial charge in [0, 0.05) is 0 Å².